The largest absolute Gasteiger partial charge is 0.444 e. The molecule has 49 heavy (non-hydrogen) atoms. The lowest BCUT2D eigenvalue weighted by molar-refractivity contribution is -0.0711. The van der Waals surface area contributed by atoms with Crippen LogP contribution in [0.2, 0.25) is 5.02 Å². The number of hydrogen-bond donors (Lipinski definition) is 1. The highest BCUT2D eigenvalue weighted by Crippen LogP contribution is 2.50. The molecule has 0 spiro atoms. The first-order chi connectivity index (χ1) is 23.4. The Morgan fingerprint density at radius 3 is 2.47 bits per heavy atom. The van der Waals surface area contributed by atoms with Crippen molar-refractivity contribution < 1.29 is 18.7 Å². The van der Waals surface area contributed by atoms with Crippen LogP contribution in [0.4, 0.5) is 10.1 Å². The molecule has 6 nitrogen and oxygen atoms in total. The molecule has 1 atom stereocenters. The highest BCUT2D eigenvalue weighted by Gasteiger charge is 2.43. The third-order valence-corrected chi connectivity index (χ3v) is 10.6. The van der Waals surface area contributed by atoms with Gasteiger partial charge in [-0.3, -0.25) is 9.69 Å². The number of hydrogen-bond acceptors (Lipinski definition) is 6. The van der Waals surface area contributed by atoms with Gasteiger partial charge in [-0.2, -0.15) is 0 Å². The first-order valence-electron chi connectivity index (χ1n) is 17.6. The third-order valence-electron chi connectivity index (χ3n) is 10.4. The van der Waals surface area contributed by atoms with E-state index < -0.39 is 11.6 Å². The van der Waals surface area contributed by atoms with E-state index in [1.54, 1.807) is 19.1 Å². The number of ether oxygens (including phenoxy) is 2. The quantitative estimate of drug-likeness (QED) is 0.192. The Labute approximate surface area is 295 Å². The Morgan fingerprint density at radius 2 is 1.82 bits per heavy atom. The van der Waals surface area contributed by atoms with Gasteiger partial charge in [0, 0.05) is 65.7 Å². The number of carbonyl (C=O) groups is 1. The topological polar surface area (TPSA) is 54.0 Å². The molecule has 1 aliphatic carbocycles. The Hall–Kier alpha value is -3.81. The summed E-state index contributed by atoms with van der Waals surface area (Å²) in [4.78, 5) is 18.2. The number of benzene rings is 3. The second-order valence-corrected chi connectivity index (χ2v) is 14.7. The van der Waals surface area contributed by atoms with Crippen LogP contribution < -0.4 is 19.7 Å². The predicted molar refractivity (Wildman–Crippen MR) is 196 cm³/mol. The highest BCUT2D eigenvalue weighted by molar-refractivity contribution is 6.30. The van der Waals surface area contributed by atoms with E-state index in [-0.39, 0.29) is 17.6 Å². The van der Waals surface area contributed by atoms with E-state index in [1.165, 1.54) is 17.3 Å². The molecule has 2 fully saturated rings. The van der Waals surface area contributed by atoms with Gasteiger partial charge in [-0.05, 0) is 108 Å². The predicted octanol–water partition coefficient (Wildman–Crippen LogP) is 9.52. The van der Waals surface area contributed by atoms with Crippen molar-refractivity contribution >= 4 is 23.1 Å². The summed E-state index contributed by atoms with van der Waals surface area (Å²) in [7, 11) is 0. The third kappa shape index (κ3) is 7.53. The van der Waals surface area contributed by atoms with Gasteiger partial charge in [-0.1, -0.05) is 54.4 Å². The van der Waals surface area contributed by atoms with Crippen LogP contribution in [-0.2, 0) is 5.79 Å². The van der Waals surface area contributed by atoms with Gasteiger partial charge in [0.1, 0.15) is 5.82 Å². The van der Waals surface area contributed by atoms with Crippen LogP contribution in [0.3, 0.4) is 0 Å². The van der Waals surface area contributed by atoms with Crippen LogP contribution >= 0.6 is 11.6 Å². The minimum Gasteiger partial charge on any atom is -0.444 e. The molecule has 3 aromatic rings. The minimum atomic E-state index is -1.27. The molecule has 0 aromatic heterocycles. The van der Waals surface area contributed by atoms with Gasteiger partial charge in [0.2, 0.25) is 0 Å². The number of Topliss-reactive ketones (excluding diaryl/α,β-unsaturated/α-hetero) is 1. The maximum atomic E-state index is 14.9. The minimum absolute atomic E-state index is 0.161. The summed E-state index contributed by atoms with van der Waals surface area (Å²) < 4.78 is 27.6. The SMILES string of the molecule is C=C(C)NCCN(C(CN1CCC(c2cccc3c2OC(C)(c2ccc(Cl)cc2F)O3)CC1)=C(C)C)c1cc(C(=O)C2CCC2)ccc1C. The normalized spacial score (nSPS) is 19.3. The number of aryl methyl sites for hydroxylation is 1. The monoisotopic (exact) mass is 685 g/mol. The zero-order chi connectivity index (χ0) is 34.9. The Kier molecular flexibility index (Phi) is 10.4. The molecular formula is C41H49ClFN3O3. The smallest absolute Gasteiger partial charge is 0.278 e. The van der Waals surface area contributed by atoms with Crippen molar-refractivity contribution in [1.29, 1.82) is 0 Å². The number of rotatable bonds is 12. The highest BCUT2D eigenvalue weighted by atomic mass is 35.5. The molecule has 6 rings (SSSR count). The fourth-order valence-electron chi connectivity index (χ4n) is 7.31. The van der Waals surface area contributed by atoms with Crippen LogP contribution in [0.15, 0.2) is 78.1 Å². The average Bonchev–Trinajstić information content (AvgIpc) is 3.39. The van der Waals surface area contributed by atoms with Gasteiger partial charge in [0.05, 0.1) is 5.56 Å². The molecule has 1 N–H and O–H groups in total. The van der Waals surface area contributed by atoms with E-state index in [9.17, 15) is 9.18 Å². The molecule has 3 aliphatic rings. The van der Waals surface area contributed by atoms with E-state index >= 15 is 0 Å². The lowest BCUT2D eigenvalue weighted by Crippen LogP contribution is -2.40. The number of anilines is 1. The van der Waals surface area contributed by atoms with Gasteiger partial charge in [0.15, 0.2) is 17.3 Å². The van der Waals surface area contributed by atoms with E-state index in [4.69, 9.17) is 21.1 Å². The van der Waals surface area contributed by atoms with Crippen LogP contribution in [-0.4, -0.2) is 43.4 Å². The van der Waals surface area contributed by atoms with Crippen molar-refractivity contribution in [2.45, 2.75) is 78.4 Å². The number of nitrogens with one attached hydrogen (secondary N) is 1. The molecular weight excluding hydrogens is 637 g/mol. The molecule has 8 heteroatoms. The summed E-state index contributed by atoms with van der Waals surface area (Å²) >= 11 is 6.02. The molecule has 260 valence electrons. The number of para-hydroxylation sites is 1. The molecule has 3 aromatic carbocycles. The van der Waals surface area contributed by atoms with Crippen molar-refractivity contribution in [3.05, 3.63) is 111 Å². The van der Waals surface area contributed by atoms with Crippen molar-refractivity contribution in [3.63, 3.8) is 0 Å². The lowest BCUT2D eigenvalue weighted by atomic mass is 9.80. The molecule has 1 saturated carbocycles. The summed E-state index contributed by atoms with van der Waals surface area (Å²) in [6.45, 7) is 18.4. The Bertz CT molecular complexity index is 1760. The number of halogens is 2. The fourth-order valence-corrected chi connectivity index (χ4v) is 7.46. The van der Waals surface area contributed by atoms with Gasteiger partial charge in [-0.25, -0.2) is 4.39 Å². The average molecular weight is 686 g/mol. The molecule has 2 aliphatic heterocycles. The van der Waals surface area contributed by atoms with E-state index in [0.717, 1.165) is 92.9 Å². The van der Waals surface area contributed by atoms with E-state index in [1.807, 2.05) is 25.1 Å². The number of ketones is 1. The Balaban J connectivity index is 1.18. The second kappa shape index (κ2) is 14.6. The van der Waals surface area contributed by atoms with Crippen molar-refractivity contribution in [3.8, 4) is 11.5 Å². The number of allylic oxidation sites excluding steroid dienone is 2. The maximum absolute atomic E-state index is 14.9. The molecule has 0 radical (unpaired) electrons. The summed E-state index contributed by atoms with van der Waals surface area (Å²) in [6, 6.07) is 16.8. The first-order valence-corrected chi connectivity index (χ1v) is 18.0. The van der Waals surface area contributed by atoms with Gasteiger partial charge >= 0.3 is 0 Å². The van der Waals surface area contributed by atoms with Gasteiger partial charge in [-0.15, -0.1) is 0 Å². The summed E-state index contributed by atoms with van der Waals surface area (Å²) in [5.74, 6) is 0.328. The van der Waals surface area contributed by atoms with Crippen molar-refractivity contribution in [2.24, 2.45) is 5.92 Å². The second-order valence-electron chi connectivity index (χ2n) is 14.3. The number of nitrogens with zero attached hydrogens (tertiary/aromatic N) is 2. The number of piperidine rings is 1. The zero-order valence-corrected chi connectivity index (χ0v) is 30.3. The van der Waals surface area contributed by atoms with Crippen molar-refractivity contribution in [1.82, 2.24) is 10.2 Å². The zero-order valence-electron chi connectivity index (χ0n) is 29.5. The molecule has 0 amide bonds. The summed E-state index contributed by atoms with van der Waals surface area (Å²) in [5, 5.41) is 3.75. The molecule has 1 unspecified atom stereocenters. The van der Waals surface area contributed by atoms with Gasteiger partial charge in [0.25, 0.3) is 5.79 Å². The number of likely N-dealkylation sites (tertiary alicyclic amines) is 1. The Morgan fingerprint density at radius 1 is 1.06 bits per heavy atom. The van der Waals surface area contributed by atoms with Crippen LogP contribution in [0.25, 0.3) is 0 Å². The lowest BCUT2D eigenvalue weighted by Gasteiger charge is -2.37. The number of fused-ring (bicyclic) bond motifs is 1. The van der Waals surface area contributed by atoms with Crippen molar-refractivity contribution in [2.75, 3.05) is 37.6 Å². The van der Waals surface area contributed by atoms with Crippen LogP contribution in [0.1, 0.15) is 92.8 Å². The summed E-state index contributed by atoms with van der Waals surface area (Å²) in [6.07, 6.45) is 5.05. The van der Waals surface area contributed by atoms with E-state index in [2.05, 4.69) is 60.7 Å². The maximum Gasteiger partial charge on any atom is 0.278 e. The molecule has 2 heterocycles. The van der Waals surface area contributed by atoms with Crippen LogP contribution in [0.5, 0.6) is 11.5 Å². The van der Waals surface area contributed by atoms with Gasteiger partial charge < -0.3 is 19.7 Å². The first kappa shape index (κ1) is 35.0. The fraction of sp³-hybridized carbons (Fsp3) is 0.439. The summed E-state index contributed by atoms with van der Waals surface area (Å²) in [5.41, 5.74) is 7.94. The molecule has 1 saturated heterocycles. The number of carbonyl (C=O) groups excluding carboxylic acids is 1. The molecule has 0 bridgehead atoms. The standard InChI is InChI=1S/C41H49ClFN3O3/c1-26(2)37(46(22-19-44-27(3)4)36-23-31(14-13-28(36)5)39(47)30-9-7-10-30)25-45-20-17-29(18-21-45)33-11-8-12-38-40(33)49-41(6,48-38)34-16-15-32(42)24-35(34)43/h8,11-16,23-24,29-30,44H,3,7,9-10,17-22,25H2,1-2,4-6H3. The van der Waals surface area contributed by atoms with E-state index in [0.29, 0.717) is 22.1 Å². The van der Waals surface area contributed by atoms with Crippen LogP contribution in [0, 0.1) is 18.7 Å².